The molecule has 0 aliphatic carbocycles. The molecule has 0 aliphatic heterocycles. The lowest BCUT2D eigenvalue weighted by Crippen LogP contribution is -1.95. The van der Waals surface area contributed by atoms with Gasteiger partial charge in [0.25, 0.3) is 0 Å². The van der Waals surface area contributed by atoms with E-state index in [0.717, 1.165) is 11.5 Å². The van der Waals surface area contributed by atoms with Crippen LogP contribution >= 0.6 is 0 Å². The zero-order valence-corrected chi connectivity index (χ0v) is 7.18. The Kier molecular flexibility index (Phi) is 2.14. The SMILES string of the molecule is NCc1ccc(Cn2ccnc2)o1. The van der Waals surface area contributed by atoms with E-state index in [0.29, 0.717) is 13.1 Å². The van der Waals surface area contributed by atoms with Crippen molar-refractivity contribution < 1.29 is 4.42 Å². The molecule has 0 radical (unpaired) electrons. The highest BCUT2D eigenvalue weighted by molar-refractivity contribution is 5.07. The van der Waals surface area contributed by atoms with E-state index in [-0.39, 0.29) is 0 Å². The Balaban J connectivity index is 2.10. The average molecular weight is 177 g/mol. The third-order valence-electron chi connectivity index (χ3n) is 1.82. The second-order valence-electron chi connectivity index (χ2n) is 2.81. The van der Waals surface area contributed by atoms with Gasteiger partial charge in [0, 0.05) is 12.4 Å². The Hall–Kier alpha value is -1.55. The number of nitrogens with two attached hydrogens (primary N) is 1. The molecule has 0 saturated heterocycles. The molecule has 0 aromatic carbocycles. The van der Waals surface area contributed by atoms with E-state index in [9.17, 15) is 0 Å². The Labute approximate surface area is 76.0 Å². The minimum atomic E-state index is 0.448. The van der Waals surface area contributed by atoms with Gasteiger partial charge in [-0.15, -0.1) is 0 Å². The number of rotatable bonds is 3. The summed E-state index contributed by atoms with van der Waals surface area (Å²) < 4.78 is 7.38. The fraction of sp³-hybridized carbons (Fsp3) is 0.222. The number of imidazole rings is 1. The van der Waals surface area contributed by atoms with Gasteiger partial charge in [-0.05, 0) is 12.1 Å². The first kappa shape index (κ1) is 8.07. The maximum absolute atomic E-state index is 5.43. The van der Waals surface area contributed by atoms with Crippen molar-refractivity contribution in [3.8, 4) is 0 Å². The van der Waals surface area contributed by atoms with Crippen LogP contribution in [-0.4, -0.2) is 9.55 Å². The van der Waals surface area contributed by atoms with Crippen LogP contribution < -0.4 is 5.73 Å². The van der Waals surface area contributed by atoms with Crippen LogP contribution in [0.5, 0.6) is 0 Å². The molecule has 0 spiro atoms. The highest BCUT2D eigenvalue weighted by Crippen LogP contribution is 2.08. The summed E-state index contributed by atoms with van der Waals surface area (Å²) in [7, 11) is 0. The fourth-order valence-electron chi connectivity index (χ4n) is 1.18. The van der Waals surface area contributed by atoms with Gasteiger partial charge in [-0.2, -0.15) is 0 Å². The van der Waals surface area contributed by atoms with Crippen LogP contribution in [0.2, 0.25) is 0 Å². The van der Waals surface area contributed by atoms with Gasteiger partial charge in [0.05, 0.1) is 19.4 Å². The third-order valence-corrected chi connectivity index (χ3v) is 1.82. The average Bonchev–Trinajstić information content (AvgIpc) is 2.76. The molecule has 2 aromatic heterocycles. The van der Waals surface area contributed by atoms with Gasteiger partial charge in [-0.3, -0.25) is 0 Å². The molecular formula is C9H11N3O. The van der Waals surface area contributed by atoms with Crippen LogP contribution in [0.4, 0.5) is 0 Å². The molecule has 13 heavy (non-hydrogen) atoms. The molecule has 2 heterocycles. The highest BCUT2D eigenvalue weighted by atomic mass is 16.3. The Morgan fingerprint density at radius 1 is 1.38 bits per heavy atom. The molecule has 4 heteroatoms. The largest absolute Gasteiger partial charge is 0.463 e. The maximum atomic E-state index is 5.43. The summed E-state index contributed by atoms with van der Waals surface area (Å²) in [5.41, 5.74) is 5.42. The van der Waals surface area contributed by atoms with Crippen LogP contribution in [0.15, 0.2) is 35.3 Å². The number of hydrogen-bond donors (Lipinski definition) is 1. The lowest BCUT2D eigenvalue weighted by molar-refractivity contribution is 0.455. The van der Waals surface area contributed by atoms with Crippen molar-refractivity contribution in [2.45, 2.75) is 13.1 Å². The van der Waals surface area contributed by atoms with Crippen molar-refractivity contribution in [3.05, 3.63) is 42.4 Å². The maximum Gasteiger partial charge on any atom is 0.123 e. The molecule has 2 N–H and O–H groups in total. The topological polar surface area (TPSA) is 57.0 Å². The standard InChI is InChI=1S/C9H11N3O/c10-5-8-1-2-9(13-8)6-12-4-3-11-7-12/h1-4,7H,5-6,10H2. The molecule has 0 fully saturated rings. The van der Waals surface area contributed by atoms with Gasteiger partial charge in [-0.25, -0.2) is 4.98 Å². The van der Waals surface area contributed by atoms with Crippen molar-refractivity contribution in [2.75, 3.05) is 0 Å². The van der Waals surface area contributed by atoms with Gasteiger partial charge in [-0.1, -0.05) is 0 Å². The van der Waals surface area contributed by atoms with Crippen LogP contribution in [0, 0.1) is 0 Å². The minimum absolute atomic E-state index is 0.448. The molecule has 4 nitrogen and oxygen atoms in total. The van der Waals surface area contributed by atoms with E-state index in [1.807, 2.05) is 22.9 Å². The third kappa shape index (κ3) is 1.78. The first-order valence-electron chi connectivity index (χ1n) is 4.12. The predicted octanol–water partition coefficient (Wildman–Crippen LogP) is 0.983. The molecule has 0 bridgehead atoms. The Morgan fingerprint density at radius 2 is 2.23 bits per heavy atom. The lowest BCUT2D eigenvalue weighted by Gasteiger charge is -1.96. The summed E-state index contributed by atoms with van der Waals surface area (Å²) in [5, 5.41) is 0. The molecule has 0 aliphatic rings. The van der Waals surface area contributed by atoms with Crippen LogP contribution in [-0.2, 0) is 13.1 Å². The molecule has 2 aromatic rings. The second-order valence-corrected chi connectivity index (χ2v) is 2.81. The molecule has 2 rings (SSSR count). The summed E-state index contributed by atoms with van der Waals surface area (Å²) in [6.45, 7) is 1.16. The quantitative estimate of drug-likeness (QED) is 0.760. The summed E-state index contributed by atoms with van der Waals surface area (Å²) in [5.74, 6) is 1.72. The Bertz CT molecular complexity index is 364. The van der Waals surface area contributed by atoms with Crippen LogP contribution in [0.1, 0.15) is 11.5 Å². The smallest absolute Gasteiger partial charge is 0.123 e. The van der Waals surface area contributed by atoms with Gasteiger partial charge in [0.1, 0.15) is 11.5 Å². The second kappa shape index (κ2) is 3.45. The normalized spacial score (nSPS) is 10.5. The van der Waals surface area contributed by atoms with E-state index in [4.69, 9.17) is 10.2 Å². The number of aromatic nitrogens is 2. The molecule has 0 amide bonds. The minimum Gasteiger partial charge on any atom is -0.463 e. The van der Waals surface area contributed by atoms with Gasteiger partial charge in [0.15, 0.2) is 0 Å². The zero-order chi connectivity index (χ0) is 9.10. The van der Waals surface area contributed by atoms with Crippen molar-refractivity contribution in [3.63, 3.8) is 0 Å². The number of nitrogens with zero attached hydrogens (tertiary/aromatic N) is 2. The van der Waals surface area contributed by atoms with E-state index in [2.05, 4.69) is 4.98 Å². The molecule has 0 saturated carbocycles. The van der Waals surface area contributed by atoms with Crippen molar-refractivity contribution >= 4 is 0 Å². The van der Waals surface area contributed by atoms with Gasteiger partial charge < -0.3 is 14.7 Å². The van der Waals surface area contributed by atoms with Crippen molar-refractivity contribution in [1.82, 2.24) is 9.55 Å². The van der Waals surface area contributed by atoms with E-state index in [1.165, 1.54) is 0 Å². The fourth-order valence-corrected chi connectivity index (χ4v) is 1.18. The van der Waals surface area contributed by atoms with E-state index < -0.39 is 0 Å². The summed E-state index contributed by atoms with van der Waals surface area (Å²) in [6, 6.07) is 3.83. The molecule has 0 unspecified atom stereocenters. The van der Waals surface area contributed by atoms with Gasteiger partial charge in [0.2, 0.25) is 0 Å². The van der Waals surface area contributed by atoms with E-state index >= 15 is 0 Å². The first-order valence-corrected chi connectivity index (χ1v) is 4.12. The summed E-state index contributed by atoms with van der Waals surface area (Å²) in [4.78, 5) is 3.94. The molecule has 0 atom stereocenters. The van der Waals surface area contributed by atoms with Crippen LogP contribution in [0.3, 0.4) is 0 Å². The Morgan fingerprint density at radius 3 is 2.85 bits per heavy atom. The lowest BCUT2D eigenvalue weighted by atomic mass is 10.4. The molecular weight excluding hydrogens is 166 g/mol. The summed E-state index contributed by atoms with van der Waals surface area (Å²) >= 11 is 0. The van der Waals surface area contributed by atoms with Crippen molar-refractivity contribution in [2.24, 2.45) is 5.73 Å². The molecule has 68 valence electrons. The van der Waals surface area contributed by atoms with Crippen molar-refractivity contribution in [1.29, 1.82) is 0 Å². The zero-order valence-electron chi connectivity index (χ0n) is 7.18. The summed E-state index contributed by atoms with van der Waals surface area (Å²) in [6.07, 6.45) is 5.39. The monoisotopic (exact) mass is 177 g/mol. The first-order chi connectivity index (χ1) is 6.38. The number of furan rings is 1. The van der Waals surface area contributed by atoms with E-state index in [1.54, 1.807) is 12.5 Å². The predicted molar refractivity (Wildman–Crippen MR) is 47.9 cm³/mol. The van der Waals surface area contributed by atoms with Crippen LogP contribution in [0.25, 0.3) is 0 Å². The van der Waals surface area contributed by atoms with Gasteiger partial charge >= 0.3 is 0 Å². The highest BCUT2D eigenvalue weighted by Gasteiger charge is 2.00. The number of hydrogen-bond acceptors (Lipinski definition) is 3.